The van der Waals surface area contributed by atoms with Crippen molar-refractivity contribution in [3.63, 3.8) is 0 Å². The summed E-state index contributed by atoms with van der Waals surface area (Å²) in [5, 5.41) is 4.93. The number of rotatable bonds is 7. The fourth-order valence-corrected chi connectivity index (χ4v) is 3.44. The molecule has 0 aromatic carbocycles. The number of nitrogens with one attached hydrogen (secondary N) is 1. The number of likely N-dealkylation sites (N-methyl/N-ethyl adjacent to an activating group) is 2. The van der Waals surface area contributed by atoms with Gasteiger partial charge in [0, 0.05) is 17.5 Å². The van der Waals surface area contributed by atoms with Crippen LogP contribution in [-0.4, -0.2) is 36.5 Å². The number of nitrogens with zero attached hydrogens (tertiary/aromatic N) is 1. The third-order valence-electron chi connectivity index (χ3n) is 3.19. The minimum absolute atomic E-state index is 0.00766. The van der Waals surface area contributed by atoms with Crippen LogP contribution in [0.15, 0.2) is 11.4 Å². The zero-order valence-corrected chi connectivity index (χ0v) is 13.1. The van der Waals surface area contributed by atoms with Gasteiger partial charge in [0.15, 0.2) is 0 Å². The third kappa shape index (κ3) is 4.30. The predicted octanol–water partition coefficient (Wildman–Crippen LogP) is 1.90. The topological polar surface area (TPSA) is 58.4 Å². The van der Waals surface area contributed by atoms with Crippen LogP contribution in [0.3, 0.4) is 0 Å². The molecule has 0 saturated heterocycles. The van der Waals surface area contributed by atoms with E-state index in [9.17, 15) is 4.79 Å². The SMILES string of the molecule is CCNC(=O)CN(CC)C(c1sccc1C)C(C)N. The normalized spacial score (nSPS) is 14.4. The molecule has 5 heteroatoms. The summed E-state index contributed by atoms with van der Waals surface area (Å²) in [4.78, 5) is 15.2. The average molecular weight is 283 g/mol. The van der Waals surface area contributed by atoms with E-state index in [-0.39, 0.29) is 18.0 Å². The molecule has 4 nitrogen and oxygen atoms in total. The van der Waals surface area contributed by atoms with Crippen molar-refractivity contribution in [1.82, 2.24) is 10.2 Å². The number of thiophene rings is 1. The summed E-state index contributed by atoms with van der Waals surface area (Å²) in [6.07, 6.45) is 0. The van der Waals surface area contributed by atoms with Gasteiger partial charge in [-0.15, -0.1) is 11.3 Å². The van der Waals surface area contributed by atoms with E-state index in [4.69, 9.17) is 5.73 Å². The first-order valence-corrected chi connectivity index (χ1v) is 7.69. The van der Waals surface area contributed by atoms with E-state index in [1.165, 1.54) is 10.4 Å². The third-order valence-corrected chi connectivity index (χ3v) is 4.28. The number of amides is 1. The fraction of sp³-hybridized carbons (Fsp3) is 0.643. The van der Waals surface area contributed by atoms with Crippen LogP contribution in [0.2, 0.25) is 0 Å². The molecule has 1 rings (SSSR count). The number of carbonyl (C=O) groups is 1. The molecule has 1 heterocycles. The summed E-state index contributed by atoms with van der Waals surface area (Å²) in [6, 6.07) is 2.20. The first kappa shape index (κ1) is 16.1. The average Bonchev–Trinajstić information content (AvgIpc) is 2.74. The number of hydrogen-bond donors (Lipinski definition) is 2. The molecule has 2 unspecified atom stereocenters. The van der Waals surface area contributed by atoms with Crippen LogP contribution >= 0.6 is 11.3 Å². The van der Waals surface area contributed by atoms with Crippen molar-refractivity contribution in [3.05, 3.63) is 21.9 Å². The van der Waals surface area contributed by atoms with E-state index in [0.717, 1.165) is 6.54 Å². The number of aryl methyl sites for hydroxylation is 1. The molecule has 2 atom stereocenters. The molecule has 0 fully saturated rings. The van der Waals surface area contributed by atoms with E-state index in [1.54, 1.807) is 11.3 Å². The summed E-state index contributed by atoms with van der Waals surface area (Å²) in [6.45, 7) is 9.97. The molecule has 0 aliphatic carbocycles. The molecule has 0 aliphatic heterocycles. The molecular formula is C14H25N3OS. The Hall–Kier alpha value is -0.910. The second-order valence-electron chi connectivity index (χ2n) is 4.79. The van der Waals surface area contributed by atoms with Crippen LogP contribution in [0.25, 0.3) is 0 Å². The van der Waals surface area contributed by atoms with E-state index in [2.05, 4.69) is 35.5 Å². The van der Waals surface area contributed by atoms with E-state index < -0.39 is 0 Å². The minimum atomic E-state index is -0.00766. The molecule has 0 saturated carbocycles. The monoisotopic (exact) mass is 283 g/mol. The first-order chi connectivity index (χ1) is 9.01. The molecule has 108 valence electrons. The molecule has 3 N–H and O–H groups in total. The van der Waals surface area contributed by atoms with Crippen molar-refractivity contribution < 1.29 is 4.79 Å². The Morgan fingerprint density at radius 1 is 1.53 bits per heavy atom. The van der Waals surface area contributed by atoms with Gasteiger partial charge in [-0.3, -0.25) is 9.69 Å². The lowest BCUT2D eigenvalue weighted by atomic mass is 10.0. The summed E-state index contributed by atoms with van der Waals surface area (Å²) >= 11 is 1.72. The van der Waals surface area contributed by atoms with Gasteiger partial charge in [0.25, 0.3) is 0 Å². The highest BCUT2D eigenvalue weighted by Gasteiger charge is 2.26. The smallest absolute Gasteiger partial charge is 0.234 e. The Kier molecular flexibility index (Phi) is 6.48. The zero-order chi connectivity index (χ0) is 14.4. The molecule has 0 spiro atoms. The van der Waals surface area contributed by atoms with E-state index in [1.807, 2.05) is 13.8 Å². The van der Waals surface area contributed by atoms with Crippen LogP contribution in [0.1, 0.15) is 37.3 Å². The van der Waals surface area contributed by atoms with E-state index in [0.29, 0.717) is 13.1 Å². The van der Waals surface area contributed by atoms with Crippen molar-refractivity contribution in [2.75, 3.05) is 19.6 Å². The summed E-state index contributed by atoms with van der Waals surface area (Å²) in [5.41, 5.74) is 7.41. The van der Waals surface area contributed by atoms with Gasteiger partial charge in [-0.05, 0) is 44.3 Å². The molecule has 0 bridgehead atoms. The Morgan fingerprint density at radius 2 is 2.21 bits per heavy atom. The standard InChI is InChI=1S/C14H25N3OS/c1-5-16-12(18)9-17(6-2)13(11(4)15)14-10(3)7-8-19-14/h7-8,11,13H,5-6,9,15H2,1-4H3,(H,16,18). The maximum atomic E-state index is 11.8. The van der Waals surface area contributed by atoms with Gasteiger partial charge in [0.05, 0.1) is 12.6 Å². The first-order valence-electron chi connectivity index (χ1n) is 6.81. The number of hydrogen-bond acceptors (Lipinski definition) is 4. The Bertz CT molecular complexity index is 403. The molecule has 19 heavy (non-hydrogen) atoms. The lowest BCUT2D eigenvalue weighted by molar-refractivity contribution is -0.122. The lowest BCUT2D eigenvalue weighted by Gasteiger charge is -2.32. The highest BCUT2D eigenvalue weighted by atomic mass is 32.1. The summed E-state index contributed by atoms with van der Waals surface area (Å²) < 4.78 is 0. The van der Waals surface area contributed by atoms with Crippen LogP contribution in [0, 0.1) is 6.92 Å². The van der Waals surface area contributed by atoms with Gasteiger partial charge in [-0.2, -0.15) is 0 Å². The van der Waals surface area contributed by atoms with E-state index >= 15 is 0 Å². The maximum Gasteiger partial charge on any atom is 0.234 e. The van der Waals surface area contributed by atoms with Crippen LogP contribution < -0.4 is 11.1 Å². The van der Waals surface area contributed by atoms with Crippen molar-refractivity contribution in [2.45, 2.75) is 39.8 Å². The van der Waals surface area contributed by atoms with Crippen LogP contribution in [0.5, 0.6) is 0 Å². The van der Waals surface area contributed by atoms with Gasteiger partial charge >= 0.3 is 0 Å². The predicted molar refractivity (Wildman–Crippen MR) is 81.4 cm³/mol. The van der Waals surface area contributed by atoms with Crippen LogP contribution in [0.4, 0.5) is 0 Å². The lowest BCUT2D eigenvalue weighted by Crippen LogP contribution is -2.44. The maximum absolute atomic E-state index is 11.8. The second kappa shape index (κ2) is 7.62. The van der Waals surface area contributed by atoms with Gasteiger partial charge in [0.2, 0.25) is 5.91 Å². The number of nitrogens with two attached hydrogens (primary N) is 1. The molecule has 0 radical (unpaired) electrons. The summed E-state index contributed by atoms with van der Waals surface area (Å²) in [5.74, 6) is 0.0595. The van der Waals surface area contributed by atoms with Crippen molar-refractivity contribution >= 4 is 17.2 Å². The Labute approximate surface area is 120 Å². The van der Waals surface area contributed by atoms with Gasteiger partial charge < -0.3 is 11.1 Å². The molecule has 1 aromatic rings. The second-order valence-corrected chi connectivity index (χ2v) is 5.74. The zero-order valence-electron chi connectivity index (χ0n) is 12.3. The minimum Gasteiger partial charge on any atom is -0.355 e. The summed E-state index contributed by atoms with van der Waals surface area (Å²) in [7, 11) is 0. The highest BCUT2D eigenvalue weighted by Crippen LogP contribution is 2.30. The van der Waals surface area contributed by atoms with Crippen molar-refractivity contribution in [3.8, 4) is 0 Å². The highest BCUT2D eigenvalue weighted by molar-refractivity contribution is 7.10. The van der Waals surface area contributed by atoms with Crippen molar-refractivity contribution in [2.24, 2.45) is 5.73 Å². The molecule has 1 amide bonds. The van der Waals surface area contributed by atoms with Gasteiger partial charge in [-0.1, -0.05) is 6.92 Å². The van der Waals surface area contributed by atoms with Gasteiger partial charge in [-0.25, -0.2) is 0 Å². The van der Waals surface area contributed by atoms with Gasteiger partial charge in [0.1, 0.15) is 0 Å². The quantitative estimate of drug-likeness (QED) is 0.803. The van der Waals surface area contributed by atoms with Crippen LogP contribution in [-0.2, 0) is 4.79 Å². The Balaban J connectivity index is 2.90. The number of carbonyl (C=O) groups excluding carboxylic acids is 1. The fourth-order valence-electron chi connectivity index (χ4n) is 2.27. The Morgan fingerprint density at radius 3 is 2.63 bits per heavy atom. The molecular weight excluding hydrogens is 258 g/mol. The van der Waals surface area contributed by atoms with Crippen molar-refractivity contribution in [1.29, 1.82) is 0 Å². The molecule has 1 aromatic heterocycles. The molecule has 0 aliphatic rings. The largest absolute Gasteiger partial charge is 0.355 e.